The minimum absolute atomic E-state index is 0.134. The molecule has 0 aromatic rings. The lowest BCUT2D eigenvalue weighted by atomic mass is 9.75. The summed E-state index contributed by atoms with van der Waals surface area (Å²) in [5, 5.41) is 3.41. The second-order valence-corrected chi connectivity index (χ2v) is 9.30. The summed E-state index contributed by atoms with van der Waals surface area (Å²) in [7, 11) is 2.10. The molecule has 0 aromatic heterocycles. The van der Waals surface area contributed by atoms with Gasteiger partial charge in [-0.3, -0.25) is 9.59 Å². The number of nitrogens with one attached hydrogen (secondary N) is 1. The van der Waals surface area contributed by atoms with Crippen LogP contribution in [0.25, 0.3) is 0 Å². The molecule has 0 aromatic carbocycles. The highest BCUT2D eigenvalue weighted by Crippen LogP contribution is 2.38. The molecule has 26 heavy (non-hydrogen) atoms. The average molecular weight is 365 g/mol. The second kappa shape index (κ2) is 7.85. The lowest BCUT2D eigenvalue weighted by molar-refractivity contribution is -0.137. The molecule has 2 heterocycles. The number of rotatable bonds is 3. The van der Waals surface area contributed by atoms with Gasteiger partial charge in [0.15, 0.2) is 0 Å². The number of hydrogen-bond acceptors (Lipinski definition) is 4. The monoisotopic (exact) mass is 364 g/mol. The van der Waals surface area contributed by atoms with Gasteiger partial charge in [-0.2, -0.15) is 0 Å². The fourth-order valence-corrected chi connectivity index (χ4v) is 4.84. The van der Waals surface area contributed by atoms with Crippen LogP contribution in [0.1, 0.15) is 52.9 Å². The Labute approximate surface area is 158 Å². The van der Waals surface area contributed by atoms with Crippen LogP contribution in [0.2, 0.25) is 0 Å². The summed E-state index contributed by atoms with van der Waals surface area (Å²) in [6.45, 7) is 10.6. The van der Waals surface area contributed by atoms with Crippen LogP contribution in [-0.2, 0) is 9.59 Å². The molecule has 2 atom stereocenters. The molecule has 1 saturated carbocycles. The molecule has 0 unspecified atom stereocenters. The average Bonchev–Trinajstić information content (AvgIpc) is 3.06. The normalized spacial score (nSPS) is 30.4. The molecular formula is C20H36N4O2. The molecule has 0 radical (unpaired) electrons. The van der Waals surface area contributed by atoms with Gasteiger partial charge in [-0.15, -0.1) is 0 Å². The Morgan fingerprint density at radius 2 is 1.65 bits per heavy atom. The maximum Gasteiger partial charge on any atom is 0.239 e. The first kappa shape index (κ1) is 19.6. The lowest BCUT2D eigenvalue weighted by Gasteiger charge is -2.42. The summed E-state index contributed by atoms with van der Waals surface area (Å²) < 4.78 is 0. The molecule has 3 aliphatic rings. The Morgan fingerprint density at radius 1 is 1.04 bits per heavy atom. The zero-order valence-corrected chi connectivity index (χ0v) is 17.0. The number of carbonyl (C=O) groups excluding carboxylic acids is 2. The third kappa shape index (κ3) is 4.39. The number of hydrogen-bond donors (Lipinski definition) is 1. The predicted molar refractivity (Wildman–Crippen MR) is 103 cm³/mol. The molecule has 3 fully saturated rings. The van der Waals surface area contributed by atoms with Gasteiger partial charge in [0.05, 0.1) is 6.04 Å². The van der Waals surface area contributed by atoms with Gasteiger partial charge in [0, 0.05) is 51.7 Å². The summed E-state index contributed by atoms with van der Waals surface area (Å²) in [5.41, 5.74) is 0.396. The van der Waals surface area contributed by atoms with Gasteiger partial charge in [0.2, 0.25) is 11.8 Å². The molecule has 1 aliphatic carbocycles. The minimum Gasteiger partial charge on any atom is -0.339 e. The van der Waals surface area contributed by atoms with E-state index in [9.17, 15) is 9.59 Å². The van der Waals surface area contributed by atoms with Crippen molar-refractivity contribution < 1.29 is 9.59 Å². The number of piperazine rings is 1. The SMILES string of the molecule is CC(=O)N(C1CCC(C)(C)CC1)[C@@H]1CN[C@H](C(=O)N2CCN(C)CC2)C1. The van der Waals surface area contributed by atoms with E-state index in [0.717, 1.165) is 52.0 Å². The standard InChI is InChI=1S/C20H36N4O2/c1-15(25)24(16-5-7-20(2,3)8-6-16)17-13-18(21-14-17)19(26)23-11-9-22(4)10-12-23/h16-18,21H,5-14H2,1-4H3/t17-,18-/m0/s1. The summed E-state index contributed by atoms with van der Waals surface area (Å²) in [6, 6.07) is 0.357. The van der Waals surface area contributed by atoms with Crippen LogP contribution in [0.3, 0.4) is 0 Å². The van der Waals surface area contributed by atoms with E-state index in [4.69, 9.17) is 0 Å². The lowest BCUT2D eigenvalue weighted by Crippen LogP contribution is -2.52. The van der Waals surface area contributed by atoms with Gasteiger partial charge in [-0.1, -0.05) is 13.8 Å². The number of nitrogens with zero attached hydrogens (tertiary/aromatic N) is 3. The highest BCUT2D eigenvalue weighted by molar-refractivity contribution is 5.83. The van der Waals surface area contributed by atoms with E-state index in [1.165, 1.54) is 12.8 Å². The molecule has 2 saturated heterocycles. The topological polar surface area (TPSA) is 55.9 Å². The van der Waals surface area contributed by atoms with Gasteiger partial charge in [0.25, 0.3) is 0 Å². The first-order chi connectivity index (χ1) is 12.3. The Kier molecular flexibility index (Phi) is 5.92. The van der Waals surface area contributed by atoms with Crippen molar-refractivity contribution in [1.82, 2.24) is 20.0 Å². The Hall–Kier alpha value is -1.14. The molecule has 148 valence electrons. The van der Waals surface area contributed by atoms with Gasteiger partial charge in [0.1, 0.15) is 0 Å². The first-order valence-electron chi connectivity index (χ1n) is 10.3. The van der Waals surface area contributed by atoms with E-state index in [1.807, 2.05) is 4.90 Å². The van der Waals surface area contributed by atoms with Crippen molar-refractivity contribution in [3.63, 3.8) is 0 Å². The summed E-state index contributed by atoms with van der Waals surface area (Å²) in [4.78, 5) is 31.6. The highest BCUT2D eigenvalue weighted by atomic mass is 16.2. The van der Waals surface area contributed by atoms with E-state index in [0.29, 0.717) is 11.5 Å². The van der Waals surface area contributed by atoms with Crippen molar-refractivity contribution in [2.24, 2.45) is 5.41 Å². The maximum absolute atomic E-state index is 12.8. The minimum atomic E-state index is -0.134. The van der Waals surface area contributed by atoms with Crippen LogP contribution in [0.15, 0.2) is 0 Å². The molecule has 6 nitrogen and oxygen atoms in total. The van der Waals surface area contributed by atoms with Crippen molar-refractivity contribution in [3.05, 3.63) is 0 Å². The fraction of sp³-hybridized carbons (Fsp3) is 0.900. The molecule has 3 rings (SSSR count). The van der Waals surface area contributed by atoms with E-state index < -0.39 is 0 Å². The molecule has 2 aliphatic heterocycles. The van der Waals surface area contributed by atoms with Crippen LogP contribution < -0.4 is 5.32 Å². The summed E-state index contributed by atoms with van der Waals surface area (Å²) >= 11 is 0. The molecule has 2 amide bonds. The number of likely N-dealkylation sites (N-methyl/N-ethyl adjacent to an activating group) is 1. The second-order valence-electron chi connectivity index (χ2n) is 9.30. The van der Waals surface area contributed by atoms with Crippen LogP contribution in [0.4, 0.5) is 0 Å². The van der Waals surface area contributed by atoms with Gasteiger partial charge in [-0.25, -0.2) is 0 Å². The highest BCUT2D eigenvalue weighted by Gasteiger charge is 2.40. The Bertz CT molecular complexity index is 518. The summed E-state index contributed by atoms with van der Waals surface area (Å²) in [5.74, 6) is 0.378. The van der Waals surface area contributed by atoms with Crippen molar-refractivity contribution in [1.29, 1.82) is 0 Å². The van der Waals surface area contributed by atoms with Gasteiger partial charge in [-0.05, 0) is 44.6 Å². The van der Waals surface area contributed by atoms with E-state index in [2.05, 4.69) is 36.0 Å². The maximum atomic E-state index is 12.8. The molecule has 0 bridgehead atoms. The third-order valence-corrected chi connectivity index (χ3v) is 6.68. The third-order valence-electron chi connectivity index (χ3n) is 6.68. The predicted octanol–water partition coefficient (Wildman–Crippen LogP) is 1.31. The fourth-order valence-electron chi connectivity index (χ4n) is 4.84. The zero-order chi connectivity index (χ0) is 18.9. The van der Waals surface area contributed by atoms with Gasteiger partial charge < -0.3 is 20.0 Å². The zero-order valence-electron chi connectivity index (χ0n) is 17.0. The van der Waals surface area contributed by atoms with Crippen molar-refractivity contribution in [2.75, 3.05) is 39.8 Å². The van der Waals surface area contributed by atoms with Crippen LogP contribution in [0.5, 0.6) is 0 Å². The largest absolute Gasteiger partial charge is 0.339 e. The molecule has 1 N–H and O–H groups in total. The van der Waals surface area contributed by atoms with Crippen LogP contribution >= 0.6 is 0 Å². The van der Waals surface area contributed by atoms with E-state index in [1.54, 1.807) is 6.92 Å². The summed E-state index contributed by atoms with van der Waals surface area (Å²) in [6.07, 6.45) is 5.27. The van der Waals surface area contributed by atoms with Crippen LogP contribution in [0, 0.1) is 5.41 Å². The molecular weight excluding hydrogens is 328 g/mol. The molecule has 6 heteroatoms. The van der Waals surface area contributed by atoms with E-state index in [-0.39, 0.29) is 23.9 Å². The van der Waals surface area contributed by atoms with Gasteiger partial charge >= 0.3 is 0 Å². The molecule has 0 spiro atoms. The van der Waals surface area contributed by atoms with Crippen molar-refractivity contribution in [2.45, 2.75) is 71.0 Å². The Balaban J connectivity index is 1.58. The quantitative estimate of drug-likeness (QED) is 0.820. The van der Waals surface area contributed by atoms with Crippen molar-refractivity contribution in [3.8, 4) is 0 Å². The van der Waals surface area contributed by atoms with E-state index >= 15 is 0 Å². The Morgan fingerprint density at radius 3 is 2.23 bits per heavy atom. The number of amides is 2. The first-order valence-corrected chi connectivity index (χ1v) is 10.3. The smallest absolute Gasteiger partial charge is 0.239 e. The number of carbonyl (C=O) groups is 2. The van der Waals surface area contributed by atoms with Crippen molar-refractivity contribution >= 4 is 11.8 Å². The van der Waals surface area contributed by atoms with Crippen LogP contribution in [-0.4, -0.2) is 84.4 Å².